The second-order valence-corrected chi connectivity index (χ2v) is 3.80. The lowest BCUT2D eigenvalue weighted by Gasteiger charge is -2.02. The Morgan fingerprint density at radius 1 is 1.12 bits per heavy atom. The van der Waals surface area contributed by atoms with Crippen molar-refractivity contribution in [3.05, 3.63) is 54.4 Å². The van der Waals surface area contributed by atoms with E-state index in [1.54, 1.807) is 10.6 Å². The lowest BCUT2D eigenvalue weighted by molar-refractivity contribution is 0.455. The van der Waals surface area contributed by atoms with Gasteiger partial charge in [-0.15, -0.1) is 0 Å². The molecule has 0 aliphatic carbocycles. The summed E-state index contributed by atoms with van der Waals surface area (Å²) in [5, 5.41) is 9.37. The minimum atomic E-state index is 0.000659. The summed E-state index contributed by atoms with van der Waals surface area (Å²) in [4.78, 5) is 8.18. The fraction of sp³-hybridized carbons (Fsp3) is 0.0769. The van der Waals surface area contributed by atoms with Crippen LogP contribution in [0.25, 0.3) is 11.2 Å². The lowest BCUT2D eigenvalue weighted by Crippen LogP contribution is -1.99. The Morgan fingerprint density at radius 3 is 2.76 bits per heavy atom. The van der Waals surface area contributed by atoms with Crippen LogP contribution < -0.4 is 0 Å². The zero-order chi connectivity index (χ0) is 11.7. The molecule has 4 nitrogen and oxygen atoms in total. The van der Waals surface area contributed by atoms with Gasteiger partial charge in [0.05, 0.1) is 6.54 Å². The summed E-state index contributed by atoms with van der Waals surface area (Å²) in [7, 11) is 0. The minimum Gasteiger partial charge on any atom is -0.493 e. The molecule has 2 aromatic heterocycles. The SMILES string of the molecule is Oc1ccc2n[c]n(Cc3ccccc3)c2n1. The van der Waals surface area contributed by atoms with Gasteiger partial charge in [-0.1, -0.05) is 30.3 Å². The number of benzene rings is 1. The zero-order valence-electron chi connectivity index (χ0n) is 9.04. The van der Waals surface area contributed by atoms with Gasteiger partial charge < -0.3 is 9.67 Å². The molecule has 2 heterocycles. The molecule has 0 aliphatic rings. The Bertz CT molecular complexity index is 646. The van der Waals surface area contributed by atoms with Crippen molar-refractivity contribution in [2.75, 3.05) is 0 Å². The van der Waals surface area contributed by atoms with E-state index in [2.05, 4.69) is 16.3 Å². The van der Waals surface area contributed by atoms with Gasteiger partial charge in [0.1, 0.15) is 5.52 Å². The summed E-state index contributed by atoms with van der Waals surface area (Å²) in [6, 6.07) is 13.3. The molecular formula is C13H10N3O. The molecule has 0 aliphatic heterocycles. The zero-order valence-corrected chi connectivity index (χ0v) is 9.04. The van der Waals surface area contributed by atoms with Gasteiger partial charge in [-0.2, -0.15) is 4.98 Å². The number of pyridine rings is 1. The maximum atomic E-state index is 9.37. The third-order valence-corrected chi connectivity index (χ3v) is 2.57. The van der Waals surface area contributed by atoms with Crippen LogP contribution in [0.4, 0.5) is 0 Å². The summed E-state index contributed by atoms with van der Waals surface area (Å²) in [5.41, 5.74) is 2.53. The summed E-state index contributed by atoms with van der Waals surface area (Å²) in [6.45, 7) is 0.647. The molecule has 17 heavy (non-hydrogen) atoms. The van der Waals surface area contributed by atoms with Gasteiger partial charge in [-0.05, 0) is 11.6 Å². The highest BCUT2D eigenvalue weighted by Crippen LogP contribution is 2.15. The molecular weight excluding hydrogens is 214 g/mol. The molecule has 4 heteroatoms. The van der Waals surface area contributed by atoms with Crippen molar-refractivity contribution in [1.82, 2.24) is 14.5 Å². The molecule has 0 amide bonds. The average Bonchev–Trinajstić information content (AvgIpc) is 2.73. The van der Waals surface area contributed by atoms with Crippen molar-refractivity contribution >= 4 is 11.2 Å². The van der Waals surface area contributed by atoms with E-state index in [0.29, 0.717) is 12.2 Å². The molecule has 1 aromatic carbocycles. The van der Waals surface area contributed by atoms with Gasteiger partial charge in [0.15, 0.2) is 12.0 Å². The Labute approximate surface area is 98.2 Å². The van der Waals surface area contributed by atoms with Crippen LogP contribution in [0.1, 0.15) is 5.56 Å². The largest absolute Gasteiger partial charge is 0.493 e. The highest BCUT2D eigenvalue weighted by atomic mass is 16.3. The van der Waals surface area contributed by atoms with Gasteiger partial charge in [-0.25, -0.2) is 4.98 Å². The molecule has 0 spiro atoms. The normalized spacial score (nSPS) is 10.8. The number of rotatable bonds is 2. The van der Waals surface area contributed by atoms with Crippen LogP contribution >= 0.6 is 0 Å². The van der Waals surface area contributed by atoms with Crippen LogP contribution in [0, 0.1) is 6.33 Å². The molecule has 1 radical (unpaired) electrons. The summed E-state index contributed by atoms with van der Waals surface area (Å²) < 4.78 is 1.80. The van der Waals surface area contributed by atoms with Gasteiger partial charge in [-0.3, -0.25) is 0 Å². The van der Waals surface area contributed by atoms with E-state index >= 15 is 0 Å². The molecule has 0 saturated carbocycles. The number of imidazole rings is 1. The smallest absolute Gasteiger partial charge is 0.212 e. The standard InChI is InChI=1S/C13H10N3O/c17-12-7-6-11-13(15-12)16(9-14-11)8-10-4-2-1-3-5-10/h1-7H,8H2,(H,15,17). The van der Waals surface area contributed by atoms with Crippen molar-refractivity contribution < 1.29 is 5.11 Å². The van der Waals surface area contributed by atoms with Crippen LogP contribution in [-0.4, -0.2) is 19.6 Å². The van der Waals surface area contributed by atoms with Crippen molar-refractivity contribution in [2.24, 2.45) is 0 Å². The maximum absolute atomic E-state index is 9.37. The van der Waals surface area contributed by atoms with Crippen LogP contribution in [0.5, 0.6) is 5.88 Å². The molecule has 0 fully saturated rings. The monoisotopic (exact) mass is 224 g/mol. The third kappa shape index (κ3) is 1.85. The van der Waals surface area contributed by atoms with Gasteiger partial charge in [0.2, 0.25) is 5.88 Å². The summed E-state index contributed by atoms with van der Waals surface area (Å²) in [6.07, 6.45) is 2.88. The highest BCUT2D eigenvalue weighted by Gasteiger charge is 2.05. The first kappa shape index (κ1) is 9.84. The van der Waals surface area contributed by atoms with E-state index in [9.17, 15) is 5.11 Å². The highest BCUT2D eigenvalue weighted by molar-refractivity contribution is 5.71. The predicted octanol–water partition coefficient (Wildman–Crippen LogP) is 1.99. The van der Waals surface area contributed by atoms with Crippen molar-refractivity contribution in [1.29, 1.82) is 0 Å². The number of hydrogen-bond acceptors (Lipinski definition) is 3. The Balaban J connectivity index is 2.03. The lowest BCUT2D eigenvalue weighted by atomic mass is 10.2. The Kier molecular flexibility index (Phi) is 2.26. The van der Waals surface area contributed by atoms with Crippen molar-refractivity contribution in [3.8, 4) is 5.88 Å². The second kappa shape index (κ2) is 3.90. The molecule has 83 valence electrons. The van der Waals surface area contributed by atoms with Crippen LogP contribution in [-0.2, 0) is 6.54 Å². The van der Waals surface area contributed by atoms with E-state index in [-0.39, 0.29) is 5.88 Å². The first-order chi connectivity index (χ1) is 8.33. The topological polar surface area (TPSA) is 50.9 Å². The van der Waals surface area contributed by atoms with E-state index in [1.165, 1.54) is 6.07 Å². The number of nitrogens with zero attached hydrogens (tertiary/aromatic N) is 3. The first-order valence-electron chi connectivity index (χ1n) is 5.31. The first-order valence-corrected chi connectivity index (χ1v) is 5.31. The second-order valence-electron chi connectivity index (χ2n) is 3.80. The summed E-state index contributed by atoms with van der Waals surface area (Å²) in [5.74, 6) is 0.000659. The van der Waals surface area contributed by atoms with Gasteiger partial charge in [0.25, 0.3) is 0 Å². The Hall–Kier alpha value is -2.36. The molecule has 0 saturated heterocycles. The maximum Gasteiger partial charge on any atom is 0.212 e. The van der Waals surface area contributed by atoms with E-state index in [0.717, 1.165) is 11.1 Å². The number of aromatic hydroxyl groups is 1. The van der Waals surface area contributed by atoms with E-state index in [4.69, 9.17) is 0 Å². The van der Waals surface area contributed by atoms with Crippen LogP contribution in [0.15, 0.2) is 42.5 Å². The van der Waals surface area contributed by atoms with Gasteiger partial charge in [0, 0.05) is 6.07 Å². The predicted molar refractivity (Wildman–Crippen MR) is 63.6 cm³/mol. The van der Waals surface area contributed by atoms with Gasteiger partial charge >= 0.3 is 0 Å². The third-order valence-electron chi connectivity index (χ3n) is 2.57. The van der Waals surface area contributed by atoms with Crippen LogP contribution in [0.2, 0.25) is 0 Å². The Morgan fingerprint density at radius 2 is 1.94 bits per heavy atom. The number of hydrogen-bond donors (Lipinski definition) is 1. The van der Waals surface area contributed by atoms with Crippen molar-refractivity contribution in [3.63, 3.8) is 0 Å². The molecule has 3 rings (SSSR count). The average molecular weight is 224 g/mol. The molecule has 0 bridgehead atoms. The molecule has 0 atom stereocenters. The van der Waals surface area contributed by atoms with E-state index in [1.807, 2.05) is 30.3 Å². The minimum absolute atomic E-state index is 0.000659. The number of aromatic nitrogens is 3. The number of fused-ring (bicyclic) bond motifs is 1. The molecule has 1 N–H and O–H groups in total. The fourth-order valence-electron chi connectivity index (χ4n) is 1.75. The summed E-state index contributed by atoms with van der Waals surface area (Å²) >= 11 is 0. The molecule has 0 unspecified atom stereocenters. The van der Waals surface area contributed by atoms with Crippen molar-refractivity contribution in [2.45, 2.75) is 6.54 Å². The quantitative estimate of drug-likeness (QED) is 0.724. The molecule has 3 aromatic rings. The van der Waals surface area contributed by atoms with E-state index < -0.39 is 0 Å². The fourth-order valence-corrected chi connectivity index (χ4v) is 1.75. The van der Waals surface area contributed by atoms with Crippen LogP contribution in [0.3, 0.4) is 0 Å².